The van der Waals surface area contributed by atoms with Gasteiger partial charge >= 0.3 is 5.97 Å². The fraction of sp³-hybridized carbons (Fsp3) is 0.800. The molecule has 86 valence electrons. The van der Waals surface area contributed by atoms with E-state index in [4.69, 9.17) is 9.84 Å². The molecule has 5 heteroatoms. The lowest BCUT2D eigenvalue weighted by atomic mass is 10.0. The van der Waals surface area contributed by atoms with E-state index >= 15 is 0 Å². The minimum atomic E-state index is -1.01. The van der Waals surface area contributed by atoms with Gasteiger partial charge in [-0.1, -0.05) is 6.92 Å². The van der Waals surface area contributed by atoms with Crippen molar-refractivity contribution in [2.75, 3.05) is 6.61 Å². The van der Waals surface area contributed by atoms with Gasteiger partial charge in [0.15, 0.2) is 0 Å². The van der Waals surface area contributed by atoms with E-state index < -0.39 is 17.6 Å². The van der Waals surface area contributed by atoms with Gasteiger partial charge in [-0.05, 0) is 26.2 Å². The molecule has 2 atom stereocenters. The van der Waals surface area contributed by atoms with E-state index in [1.165, 1.54) is 0 Å². The smallest absolute Gasteiger partial charge is 0.326 e. The van der Waals surface area contributed by atoms with E-state index in [-0.39, 0.29) is 5.91 Å². The Kier molecular flexibility index (Phi) is 3.68. The molecule has 1 aliphatic rings. The zero-order chi connectivity index (χ0) is 11.5. The zero-order valence-electron chi connectivity index (χ0n) is 9.08. The van der Waals surface area contributed by atoms with Crippen molar-refractivity contribution in [2.45, 2.75) is 44.8 Å². The Bertz CT molecular complexity index is 258. The Balaban J connectivity index is 2.57. The van der Waals surface area contributed by atoms with Crippen LogP contribution in [-0.2, 0) is 14.3 Å². The highest BCUT2D eigenvalue weighted by Gasteiger charge is 2.39. The van der Waals surface area contributed by atoms with Gasteiger partial charge in [-0.2, -0.15) is 0 Å². The van der Waals surface area contributed by atoms with Gasteiger partial charge < -0.3 is 15.2 Å². The molecule has 0 aromatic carbocycles. The van der Waals surface area contributed by atoms with Gasteiger partial charge in [-0.3, -0.25) is 4.79 Å². The Morgan fingerprint density at radius 3 is 2.67 bits per heavy atom. The molecule has 2 N–H and O–H groups in total. The molecule has 1 heterocycles. The number of carboxylic acid groups (broad SMARTS) is 1. The van der Waals surface area contributed by atoms with Gasteiger partial charge in [-0.15, -0.1) is 0 Å². The standard InChI is InChI=1S/C10H17NO4/c1-3-7(8(12)13)11-9(14)10(2)5-4-6-15-10/h7H,3-6H2,1-2H3,(H,11,14)(H,12,13). The third-order valence-corrected chi connectivity index (χ3v) is 2.71. The number of hydrogen-bond donors (Lipinski definition) is 2. The monoisotopic (exact) mass is 215 g/mol. The molecule has 1 fully saturated rings. The predicted octanol–water partition coefficient (Wildman–Crippen LogP) is 0.535. The second-order valence-corrected chi connectivity index (χ2v) is 3.96. The van der Waals surface area contributed by atoms with E-state index in [1.807, 2.05) is 0 Å². The number of amides is 1. The highest BCUT2D eigenvalue weighted by atomic mass is 16.5. The number of rotatable bonds is 4. The lowest BCUT2D eigenvalue weighted by Crippen LogP contribution is -2.50. The van der Waals surface area contributed by atoms with Gasteiger partial charge in [0.2, 0.25) is 0 Å². The summed E-state index contributed by atoms with van der Waals surface area (Å²) in [6.45, 7) is 3.98. The fourth-order valence-electron chi connectivity index (χ4n) is 1.61. The number of carbonyl (C=O) groups excluding carboxylic acids is 1. The quantitative estimate of drug-likeness (QED) is 0.717. The summed E-state index contributed by atoms with van der Waals surface area (Å²) < 4.78 is 5.32. The molecule has 0 aliphatic carbocycles. The summed E-state index contributed by atoms with van der Waals surface area (Å²) in [5, 5.41) is 11.3. The Labute approximate surface area is 88.8 Å². The van der Waals surface area contributed by atoms with Crippen LogP contribution in [0.2, 0.25) is 0 Å². The predicted molar refractivity (Wildman–Crippen MR) is 53.4 cm³/mol. The summed E-state index contributed by atoms with van der Waals surface area (Å²) in [4.78, 5) is 22.5. The van der Waals surface area contributed by atoms with Gasteiger partial charge in [0.25, 0.3) is 5.91 Å². The Morgan fingerprint density at radius 1 is 1.60 bits per heavy atom. The average Bonchev–Trinajstić information content (AvgIpc) is 2.61. The number of carbonyl (C=O) groups is 2. The molecular weight excluding hydrogens is 198 g/mol. The summed E-state index contributed by atoms with van der Waals surface area (Å²) in [7, 11) is 0. The molecule has 1 rings (SSSR count). The van der Waals surface area contributed by atoms with Crippen LogP contribution in [0.15, 0.2) is 0 Å². The van der Waals surface area contributed by atoms with Crippen LogP contribution in [0.4, 0.5) is 0 Å². The molecule has 0 saturated carbocycles. The molecule has 0 radical (unpaired) electrons. The minimum Gasteiger partial charge on any atom is -0.480 e. The second kappa shape index (κ2) is 4.61. The first kappa shape index (κ1) is 12.0. The van der Waals surface area contributed by atoms with Crippen molar-refractivity contribution in [1.29, 1.82) is 0 Å². The largest absolute Gasteiger partial charge is 0.480 e. The van der Waals surface area contributed by atoms with Crippen molar-refractivity contribution in [3.05, 3.63) is 0 Å². The van der Waals surface area contributed by atoms with Crippen molar-refractivity contribution in [1.82, 2.24) is 5.32 Å². The molecule has 5 nitrogen and oxygen atoms in total. The second-order valence-electron chi connectivity index (χ2n) is 3.96. The van der Waals surface area contributed by atoms with Gasteiger partial charge in [0.05, 0.1) is 0 Å². The first-order valence-electron chi connectivity index (χ1n) is 5.17. The van der Waals surface area contributed by atoms with Gasteiger partial charge in [-0.25, -0.2) is 4.79 Å². The summed E-state index contributed by atoms with van der Waals surface area (Å²) in [6.07, 6.45) is 1.86. The fourth-order valence-corrected chi connectivity index (χ4v) is 1.61. The highest BCUT2D eigenvalue weighted by molar-refractivity contribution is 5.89. The first-order chi connectivity index (χ1) is 6.99. The first-order valence-corrected chi connectivity index (χ1v) is 5.17. The van der Waals surface area contributed by atoms with Crippen LogP contribution in [0.5, 0.6) is 0 Å². The Hall–Kier alpha value is -1.10. The maximum Gasteiger partial charge on any atom is 0.326 e. The normalized spacial score (nSPS) is 27.3. The summed E-state index contributed by atoms with van der Waals surface area (Å²) in [5.74, 6) is -1.33. The van der Waals surface area contributed by atoms with Crippen molar-refractivity contribution >= 4 is 11.9 Å². The number of aliphatic carboxylic acids is 1. The molecule has 0 bridgehead atoms. The SMILES string of the molecule is CCC(NC(=O)C1(C)CCCO1)C(=O)O. The van der Waals surface area contributed by atoms with Crippen molar-refractivity contribution in [3.63, 3.8) is 0 Å². The highest BCUT2D eigenvalue weighted by Crippen LogP contribution is 2.25. The minimum absolute atomic E-state index is 0.325. The lowest BCUT2D eigenvalue weighted by molar-refractivity contribution is -0.147. The third kappa shape index (κ3) is 2.68. The maximum atomic E-state index is 11.7. The molecule has 0 spiro atoms. The van der Waals surface area contributed by atoms with Crippen molar-refractivity contribution < 1.29 is 19.4 Å². The third-order valence-electron chi connectivity index (χ3n) is 2.71. The molecule has 2 unspecified atom stereocenters. The van der Waals surface area contributed by atoms with E-state index in [0.29, 0.717) is 19.4 Å². The van der Waals surface area contributed by atoms with E-state index in [0.717, 1.165) is 6.42 Å². The van der Waals surface area contributed by atoms with Crippen LogP contribution in [0.25, 0.3) is 0 Å². The molecule has 1 saturated heterocycles. The van der Waals surface area contributed by atoms with Gasteiger partial charge in [0.1, 0.15) is 11.6 Å². The number of ether oxygens (including phenoxy) is 1. The van der Waals surface area contributed by atoms with Crippen LogP contribution >= 0.6 is 0 Å². The topological polar surface area (TPSA) is 75.6 Å². The van der Waals surface area contributed by atoms with Crippen LogP contribution in [0.3, 0.4) is 0 Å². The van der Waals surface area contributed by atoms with E-state index in [2.05, 4.69) is 5.32 Å². The zero-order valence-corrected chi connectivity index (χ0v) is 9.08. The average molecular weight is 215 g/mol. The summed E-state index contributed by atoms with van der Waals surface area (Å²) in [5.41, 5.74) is -0.844. The van der Waals surface area contributed by atoms with Crippen LogP contribution in [0, 0.1) is 0 Å². The van der Waals surface area contributed by atoms with Crippen LogP contribution in [0.1, 0.15) is 33.1 Å². The van der Waals surface area contributed by atoms with Crippen molar-refractivity contribution in [2.24, 2.45) is 0 Å². The molecule has 15 heavy (non-hydrogen) atoms. The van der Waals surface area contributed by atoms with Crippen LogP contribution in [-0.4, -0.2) is 35.2 Å². The van der Waals surface area contributed by atoms with E-state index in [9.17, 15) is 9.59 Å². The number of hydrogen-bond acceptors (Lipinski definition) is 3. The van der Waals surface area contributed by atoms with Gasteiger partial charge in [0, 0.05) is 6.61 Å². The van der Waals surface area contributed by atoms with Crippen LogP contribution < -0.4 is 5.32 Å². The number of nitrogens with one attached hydrogen (secondary N) is 1. The summed E-state index contributed by atoms with van der Waals surface area (Å²) >= 11 is 0. The maximum absolute atomic E-state index is 11.7. The molecule has 1 aliphatic heterocycles. The van der Waals surface area contributed by atoms with Crippen molar-refractivity contribution in [3.8, 4) is 0 Å². The molecule has 0 aromatic rings. The Morgan fingerprint density at radius 2 is 2.27 bits per heavy atom. The molecule has 1 amide bonds. The number of carboxylic acids is 1. The summed E-state index contributed by atoms with van der Waals surface area (Å²) in [6, 6.07) is -0.821. The molecular formula is C10H17NO4. The molecule has 0 aromatic heterocycles. The lowest BCUT2D eigenvalue weighted by Gasteiger charge is -2.24. The van der Waals surface area contributed by atoms with E-state index in [1.54, 1.807) is 13.8 Å².